The van der Waals surface area contributed by atoms with Gasteiger partial charge >= 0.3 is 0 Å². The van der Waals surface area contributed by atoms with E-state index in [1.807, 2.05) is 36.2 Å². The van der Waals surface area contributed by atoms with E-state index in [0.717, 1.165) is 17.0 Å². The number of anilines is 1. The van der Waals surface area contributed by atoms with Crippen molar-refractivity contribution in [3.8, 4) is 0 Å². The van der Waals surface area contributed by atoms with Gasteiger partial charge in [-0.05, 0) is 30.3 Å². The number of hydrogen-bond acceptors (Lipinski definition) is 3. The molecule has 1 aromatic carbocycles. The molecule has 2 rings (SSSR count). The average molecular weight is 252 g/mol. The fraction of sp³-hybridized carbons (Fsp3) is 0.231. The summed E-state index contributed by atoms with van der Waals surface area (Å²) in [5.41, 5.74) is 1.76. The quantitative estimate of drug-likeness (QED) is 0.907. The summed E-state index contributed by atoms with van der Waals surface area (Å²) in [6.45, 7) is 0.625. The Bertz CT molecular complexity index is 482. The second-order valence-electron chi connectivity index (χ2n) is 3.87. The first-order chi connectivity index (χ1) is 8.20. The number of aliphatic hydroxyl groups is 1. The molecule has 0 atom stereocenters. The van der Waals surface area contributed by atoms with Gasteiger partial charge in [-0.1, -0.05) is 11.6 Å². The topological polar surface area (TPSA) is 36.6 Å². The van der Waals surface area contributed by atoms with Crippen LogP contribution in [0.2, 0.25) is 5.02 Å². The van der Waals surface area contributed by atoms with Crippen LogP contribution in [-0.4, -0.2) is 12.2 Å². The number of rotatable bonds is 4. The van der Waals surface area contributed by atoms with Gasteiger partial charge in [-0.2, -0.15) is 0 Å². The summed E-state index contributed by atoms with van der Waals surface area (Å²) >= 11 is 5.89. The lowest BCUT2D eigenvalue weighted by Gasteiger charge is -2.21. The van der Waals surface area contributed by atoms with E-state index in [4.69, 9.17) is 16.0 Å². The van der Waals surface area contributed by atoms with Crippen molar-refractivity contribution in [3.05, 3.63) is 52.9 Å². The first-order valence-electron chi connectivity index (χ1n) is 5.33. The number of benzene rings is 1. The zero-order chi connectivity index (χ0) is 12.3. The van der Waals surface area contributed by atoms with E-state index in [-0.39, 0.29) is 6.61 Å². The monoisotopic (exact) mass is 251 g/mol. The fourth-order valence-electron chi connectivity index (χ4n) is 1.77. The molecule has 0 saturated carbocycles. The highest BCUT2D eigenvalue weighted by Crippen LogP contribution is 2.24. The molecule has 1 N–H and O–H groups in total. The van der Waals surface area contributed by atoms with Gasteiger partial charge in [-0.3, -0.25) is 0 Å². The van der Waals surface area contributed by atoms with E-state index in [1.54, 1.807) is 12.3 Å². The Labute approximate surface area is 105 Å². The van der Waals surface area contributed by atoms with E-state index in [9.17, 15) is 5.11 Å². The molecule has 0 aliphatic rings. The Hall–Kier alpha value is -1.45. The molecule has 2 aromatic rings. The first kappa shape index (κ1) is 12.0. The average Bonchev–Trinajstić information content (AvgIpc) is 2.81. The normalized spacial score (nSPS) is 10.5. The largest absolute Gasteiger partial charge is 0.467 e. The van der Waals surface area contributed by atoms with Crippen LogP contribution >= 0.6 is 11.6 Å². The van der Waals surface area contributed by atoms with Crippen LogP contribution in [0, 0.1) is 0 Å². The molecule has 17 heavy (non-hydrogen) atoms. The molecule has 0 amide bonds. The lowest BCUT2D eigenvalue weighted by atomic mass is 10.1. The molecule has 0 spiro atoms. The van der Waals surface area contributed by atoms with Crippen molar-refractivity contribution in [2.75, 3.05) is 11.9 Å². The van der Waals surface area contributed by atoms with Gasteiger partial charge in [-0.15, -0.1) is 0 Å². The van der Waals surface area contributed by atoms with Gasteiger partial charge in [-0.25, -0.2) is 0 Å². The summed E-state index contributed by atoms with van der Waals surface area (Å²) in [5.74, 6) is 0.881. The zero-order valence-corrected chi connectivity index (χ0v) is 10.3. The highest BCUT2D eigenvalue weighted by Gasteiger charge is 2.09. The summed E-state index contributed by atoms with van der Waals surface area (Å²) in [4.78, 5) is 2.01. The van der Waals surface area contributed by atoms with Crippen molar-refractivity contribution in [2.45, 2.75) is 13.2 Å². The highest BCUT2D eigenvalue weighted by molar-refractivity contribution is 6.30. The van der Waals surface area contributed by atoms with E-state index >= 15 is 0 Å². The molecule has 4 heteroatoms. The first-order valence-corrected chi connectivity index (χ1v) is 5.71. The molecule has 0 bridgehead atoms. The minimum absolute atomic E-state index is 0.0294. The van der Waals surface area contributed by atoms with Crippen LogP contribution in [0.15, 0.2) is 41.0 Å². The van der Waals surface area contributed by atoms with Crippen LogP contribution in [0.5, 0.6) is 0 Å². The number of furan rings is 1. The summed E-state index contributed by atoms with van der Waals surface area (Å²) in [5, 5.41) is 9.94. The van der Waals surface area contributed by atoms with E-state index in [0.29, 0.717) is 11.6 Å². The minimum Gasteiger partial charge on any atom is -0.467 e. The molecule has 0 unspecified atom stereocenters. The Morgan fingerprint density at radius 2 is 2.18 bits per heavy atom. The molecule has 3 nitrogen and oxygen atoms in total. The van der Waals surface area contributed by atoms with Crippen molar-refractivity contribution >= 4 is 17.3 Å². The van der Waals surface area contributed by atoms with E-state index in [1.165, 1.54) is 0 Å². The predicted molar refractivity (Wildman–Crippen MR) is 68.2 cm³/mol. The van der Waals surface area contributed by atoms with Crippen molar-refractivity contribution in [2.24, 2.45) is 0 Å². The van der Waals surface area contributed by atoms with Gasteiger partial charge in [0.1, 0.15) is 5.76 Å². The van der Waals surface area contributed by atoms with Crippen molar-refractivity contribution in [1.82, 2.24) is 0 Å². The number of aliphatic hydroxyl groups excluding tert-OH is 1. The van der Waals surface area contributed by atoms with Crippen LogP contribution in [0.25, 0.3) is 0 Å². The van der Waals surface area contributed by atoms with Gasteiger partial charge in [0.05, 0.1) is 19.4 Å². The smallest absolute Gasteiger partial charge is 0.123 e. The van der Waals surface area contributed by atoms with Gasteiger partial charge in [0.25, 0.3) is 0 Å². The van der Waals surface area contributed by atoms with Gasteiger partial charge in [0.2, 0.25) is 0 Å². The fourth-order valence-corrected chi connectivity index (χ4v) is 1.97. The van der Waals surface area contributed by atoms with Crippen LogP contribution in [-0.2, 0) is 13.2 Å². The second kappa shape index (κ2) is 5.25. The van der Waals surface area contributed by atoms with Crippen LogP contribution < -0.4 is 4.90 Å². The lowest BCUT2D eigenvalue weighted by molar-refractivity contribution is 0.282. The van der Waals surface area contributed by atoms with Gasteiger partial charge in [0, 0.05) is 23.3 Å². The maximum Gasteiger partial charge on any atom is 0.123 e. The Morgan fingerprint density at radius 3 is 2.82 bits per heavy atom. The van der Waals surface area contributed by atoms with Crippen LogP contribution in [0.3, 0.4) is 0 Å². The molecule has 0 aliphatic carbocycles. The molecular weight excluding hydrogens is 238 g/mol. The molecule has 90 valence electrons. The SMILES string of the molecule is CN(Cc1ccco1)c1ccc(Cl)cc1CO. The maximum atomic E-state index is 9.31. The molecular formula is C13H14ClNO2. The summed E-state index contributed by atoms with van der Waals surface area (Å²) in [7, 11) is 1.95. The molecule has 0 saturated heterocycles. The summed E-state index contributed by atoms with van der Waals surface area (Å²) in [6.07, 6.45) is 1.65. The number of hydrogen-bond donors (Lipinski definition) is 1. The molecule has 1 aromatic heterocycles. The standard InChI is InChI=1S/C13H14ClNO2/c1-15(8-12-3-2-6-17-12)13-5-4-11(14)7-10(13)9-16/h2-7,16H,8-9H2,1H3. The van der Waals surface area contributed by atoms with Crippen molar-refractivity contribution in [3.63, 3.8) is 0 Å². The van der Waals surface area contributed by atoms with E-state index in [2.05, 4.69) is 0 Å². The third-order valence-corrected chi connectivity index (χ3v) is 2.83. The van der Waals surface area contributed by atoms with Crippen molar-refractivity contribution < 1.29 is 9.52 Å². The van der Waals surface area contributed by atoms with E-state index < -0.39 is 0 Å². The van der Waals surface area contributed by atoms with Crippen LogP contribution in [0.1, 0.15) is 11.3 Å². The number of halogens is 1. The van der Waals surface area contributed by atoms with Gasteiger partial charge in [0.15, 0.2) is 0 Å². The Morgan fingerprint density at radius 1 is 1.35 bits per heavy atom. The molecule has 0 radical (unpaired) electrons. The zero-order valence-electron chi connectivity index (χ0n) is 9.56. The second-order valence-corrected chi connectivity index (χ2v) is 4.30. The molecule has 0 aliphatic heterocycles. The summed E-state index contributed by atoms with van der Waals surface area (Å²) < 4.78 is 5.29. The Kier molecular flexibility index (Phi) is 3.71. The highest BCUT2D eigenvalue weighted by atomic mass is 35.5. The van der Waals surface area contributed by atoms with Crippen LogP contribution in [0.4, 0.5) is 5.69 Å². The summed E-state index contributed by atoms with van der Waals surface area (Å²) in [6, 6.07) is 9.27. The third-order valence-electron chi connectivity index (χ3n) is 2.60. The maximum absolute atomic E-state index is 9.31. The molecule has 1 heterocycles. The lowest BCUT2D eigenvalue weighted by Crippen LogP contribution is -2.17. The number of nitrogens with zero attached hydrogens (tertiary/aromatic N) is 1. The van der Waals surface area contributed by atoms with Gasteiger partial charge < -0.3 is 14.4 Å². The van der Waals surface area contributed by atoms with Crippen molar-refractivity contribution in [1.29, 1.82) is 0 Å². The Balaban J connectivity index is 2.21. The third kappa shape index (κ3) is 2.81. The predicted octanol–water partition coefficient (Wildman–Crippen LogP) is 3.06. The minimum atomic E-state index is -0.0294. The molecule has 0 fully saturated rings.